The van der Waals surface area contributed by atoms with Gasteiger partial charge in [-0.15, -0.1) is 0 Å². The molecule has 2 aromatic rings. The van der Waals surface area contributed by atoms with Crippen LogP contribution in [0.5, 0.6) is 11.5 Å². The molecule has 0 aliphatic carbocycles. The van der Waals surface area contributed by atoms with Crippen molar-refractivity contribution in [3.8, 4) is 11.5 Å². The Hall–Kier alpha value is -2.27. The number of carbonyl (C=O) groups is 1. The summed E-state index contributed by atoms with van der Waals surface area (Å²) in [5, 5.41) is 3.08. The number of anilines is 1. The lowest BCUT2D eigenvalue weighted by Gasteiger charge is -2.10. The minimum Gasteiger partial charge on any atom is -0.493 e. The van der Waals surface area contributed by atoms with E-state index in [-0.39, 0.29) is 17.2 Å². The molecule has 0 atom stereocenters. The number of halogens is 2. The molecule has 6 heteroatoms. The van der Waals surface area contributed by atoms with Gasteiger partial charge >= 0.3 is 0 Å². The first-order valence-electron chi connectivity index (χ1n) is 6.99. The van der Waals surface area contributed by atoms with Crippen molar-refractivity contribution in [3.05, 3.63) is 52.8 Å². The first-order valence-corrected chi connectivity index (χ1v) is 7.37. The molecule has 0 aliphatic heterocycles. The fraction of sp³-hybridized carbons (Fsp3) is 0.235. The number of ether oxygens (including phenoxy) is 2. The Labute approximate surface area is 139 Å². The van der Waals surface area contributed by atoms with Crippen molar-refractivity contribution >= 4 is 23.1 Å². The first kappa shape index (κ1) is 17.1. The van der Waals surface area contributed by atoms with E-state index < -0.39 is 5.82 Å². The highest BCUT2D eigenvalue weighted by Crippen LogP contribution is 2.28. The molecule has 0 spiro atoms. The van der Waals surface area contributed by atoms with Crippen molar-refractivity contribution in [2.45, 2.75) is 6.42 Å². The van der Waals surface area contributed by atoms with Crippen LogP contribution in [-0.2, 0) is 0 Å². The molecule has 122 valence electrons. The quantitative estimate of drug-likeness (QED) is 0.770. The SMILES string of the molecule is COc1ccc(C(=O)CCNc2ccc(F)c(Cl)c2)cc1OC. The van der Waals surface area contributed by atoms with Crippen molar-refractivity contribution in [2.24, 2.45) is 0 Å². The number of benzene rings is 2. The van der Waals surface area contributed by atoms with Gasteiger partial charge in [0.05, 0.1) is 19.2 Å². The summed E-state index contributed by atoms with van der Waals surface area (Å²) in [7, 11) is 3.06. The molecule has 0 bridgehead atoms. The Morgan fingerprint density at radius 3 is 2.52 bits per heavy atom. The van der Waals surface area contributed by atoms with Gasteiger partial charge in [0.15, 0.2) is 17.3 Å². The predicted molar refractivity (Wildman–Crippen MR) is 88.4 cm³/mol. The molecule has 1 N–H and O–H groups in total. The van der Waals surface area contributed by atoms with Crippen molar-refractivity contribution in [1.82, 2.24) is 0 Å². The highest BCUT2D eigenvalue weighted by atomic mass is 35.5. The van der Waals surface area contributed by atoms with Crippen molar-refractivity contribution < 1.29 is 18.7 Å². The van der Waals surface area contributed by atoms with Crippen LogP contribution in [0.1, 0.15) is 16.8 Å². The molecule has 2 rings (SSSR count). The summed E-state index contributed by atoms with van der Waals surface area (Å²) in [5.41, 5.74) is 1.21. The number of hydrogen-bond donors (Lipinski definition) is 1. The van der Waals surface area contributed by atoms with Gasteiger partial charge in [-0.3, -0.25) is 4.79 Å². The number of nitrogens with one attached hydrogen (secondary N) is 1. The summed E-state index contributed by atoms with van der Waals surface area (Å²) >= 11 is 5.71. The highest BCUT2D eigenvalue weighted by Gasteiger charge is 2.10. The number of rotatable bonds is 7. The maximum absolute atomic E-state index is 13.1. The summed E-state index contributed by atoms with van der Waals surface area (Å²) in [4.78, 5) is 12.2. The van der Waals surface area contributed by atoms with E-state index in [1.54, 1.807) is 24.3 Å². The molecule has 23 heavy (non-hydrogen) atoms. The van der Waals surface area contributed by atoms with Crippen molar-refractivity contribution in [3.63, 3.8) is 0 Å². The smallest absolute Gasteiger partial charge is 0.164 e. The van der Waals surface area contributed by atoms with Crippen LogP contribution < -0.4 is 14.8 Å². The average Bonchev–Trinajstić information content (AvgIpc) is 2.57. The van der Waals surface area contributed by atoms with E-state index >= 15 is 0 Å². The van der Waals surface area contributed by atoms with Gasteiger partial charge in [-0.25, -0.2) is 4.39 Å². The zero-order chi connectivity index (χ0) is 16.8. The molecule has 0 saturated carbocycles. The number of methoxy groups -OCH3 is 2. The van der Waals surface area contributed by atoms with Crippen LogP contribution in [0.3, 0.4) is 0 Å². The lowest BCUT2D eigenvalue weighted by atomic mass is 10.1. The van der Waals surface area contributed by atoms with E-state index in [4.69, 9.17) is 21.1 Å². The summed E-state index contributed by atoms with van der Waals surface area (Å²) in [6.45, 7) is 0.412. The Morgan fingerprint density at radius 1 is 1.13 bits per heavy atom. The lowest BCUT2D eigenvalue weighted by Crippen LogP contribution is -2.09. The lowest BCUT2D eigenvalue weighted by molar-refractivity contribution is 0.0986. The molecule has 0 fully saturated rings. The second-order valence-electron chi connectivity index (χ2n) is 4.80. The monoisotopic (exact) mass is 337 g/mol. The van der Waals surface area contributed by atoms with Crippen LogP contribution >= 0.6 is 11.6 Å². The molecule has 0 unspecified atom stereocenters. The van der Waals surface area contributed by atoms with Gasteiger partial charge in [0.1, 0.15) is 5.82 Å². The summed E-state index contributed by atoms with van der Waals surface area (Å²) in [6.07, 6.45) is 0.282. The van der Waals surface area contributed by atoms with Gasteiger partial charge in [-0.1, -0.05) is 11.6 Å². The Balaban J connectivity index is 1.95. The van der Waals surface area contributed by atoms with Gasteiger partial charge < -0.3 is 14.8 Å². The summed E-state index contributed by atoms with van der Waals surface area (Å²) < 4.78 is 23.4. The van der Waals surface area contributed by atoms with Crippen molar-refractivity contribution in [1.29, 1.82) is 0 Å². The van der Waals surface area contributed by atoms with E-state index in [0.29, 0.717) is 29.3 Å². The fourth-order valence-corrected chi connectivity index (χ4v) is 2.26. The van der Waals surface area contributed by atoms with Gasteiger partial charge in [0, 0.05) is 24.2 Å². The first-order chi connectivity index (χ1) is 11.0. The number of Topliss-reactive ketones (excluding diaryl/α,β-unsaturated/α-hetero) is 1. The van der Waals surface area contributed by atoms with Gasteiger partial charge in [-0.05, 0) is 36.4 Å². The molecule has 2 aromatic carbocycles. The maximum atomic E-state index is 13.1. The molecule has 0 aromatic heterocycles. The minimum absolute atomic E-state index is 0.0355. The van der Waals surface area contributed by atoms with Crippen LogP contribution in [0, 0.1) is 5.82 Å². The standard InChI is InChI=1S/C17H17ClFNO3/c1-22-16-6-3-11(9-17(16)23-2)15(21)7-8-20-12-4-5-14(19)13(18)10-12/h3-6,9-10,20H,7-8H2,1-2H3. The van der Waals surface area contributed by atoms with E-state index in [1.165, 1.54) is 26.4 Å². The normalized spacial score (nSPS) is 10.3. The summed E-state index contributed by atoms with van der Waals surface area (Å²) in [6, 6.07) is 9.37. The molecule has 0 aliphatic rings. The number of ketones is 1. The predicted octanol–water partition coefficient (Wildman–Crippen LogP) is 4.18. The minimum atomic E-state index is -0.473. The third kappa shape index (κ3) is 4.36. The van der Waals surface area contributed by atoms with E-state index in [9.17, 15) is 9.18 Å². The van der Waals surface area contributed by atoms with E-state index in [2.05, 4.69) is 5.32 Å². The maximum Gasteiger partial charge on any atom is 0.164 e. The molecular weight excluding hydrogens is 321 g/mol. The zero-order valence-electron chi connectivity index (χ0n) is 12.9. The van der Waals surface area contributed by atoms with Crippen LogP contribution in [-0.4, -0.2) is 26.5 Å². The number of carbonyl (C=O) groups excluding carboxylic acids is 1. The molecule has 4 nitrogen and oxygen atoms in total. The van der Waals surface area contributed by atoms with Crippen LogP contribution in [0.4, 0.5) is 10.1 Å². The molecule has 0 radical (unpaired) electrons. The third-order valence-electron chi connectivity index (χ3n) is 3.31. The molecule has 0 amide bonds. The fourth-order valence-electron chi connectivity index (χ4n) is 2.08. The van der Waals surface area contributed by atoms with Crippen LogP contribution in [0.2, 0.25) is 5.02 Å². The van der Waals surface area contributed by atoms with Gasteiger partial charge in [0.2, 0.25) is 0 Å². The Kier molecular flexibility index (Phi) is 5.82. The molecular formula is C17H17ClFNO3. The van der Waals surface area contributed by atoms with Crippen molar-refractivity contribution in [2.75, 3.05) is 26.1 Å². The highest BCUT2D eigenvalue weighted by molar-refractivity contribution is 6.31. The zero-order valence-corrected chi connectivity index (χ0v) is 13.6. The number of hydrogen-bond acceptors (Lipinski definition) is 4. The largest absolute Gasteiger partial charge is 0.493 e. The van der Waals surface area contributed by atoms with Crippen LogP contribution in [0.25, 0.3) is 0 Å². The molecule has 0 heterocycles. The second-order valence-corrected chi connectivity index (χ2v) is 5.21. The Bertz CT molecular complexity index is 706. The van der Waals surface area contributed by atoms with E-state index in [0.717, 1.165) is 0 Å². The average molecular weight is 338 g/mol. The Morgan fingerprint density at radius 2 is 1.87 bits per heavy atom. The topological polar surface area (TPSA) is 47.6 Å². The van der Waals surface area contributed by atoms with Crippen LogP contribution in [0.15, 0.2) is 36.4 Å². The third-order valence-corrected chi connectivity index (χ3v) is 3.60. The van der Waals surface area contributed by atoms with Gasteiger partial charge in [0.25, 0.3) is 0 Å². The van der Waals surface area contributed by atoms with E-state index in [1.807, 2.05) is 0 Å². The summed E-state index contributed by atoms with van der Waals surface area (Å²) in [5.74, 6) is 0.574. The second kappa shape index (κ2) is 7.83. The van der Waals surface area contributed by atoms with Gasteiger partial charge in [-0.2, -0.15) is 0 Å². The molecule has 0 saturated heterocycles.